The van der Waals surface area contributed by atoms with Gasteiger partial charge in [0.2, 0.25) is 0 Å². The molecule has 5 nitrogen and oxygen atoms in total. The minimum atomic E-state index is -0.470. The van der Waals surface area contributed by atoms with Crippen molar-refractivity contribution in [2.45, 2.75) is 24.9 Å². The number of benzene rings is 1. The zero-order valence-corrected chi connectivity index (χ0v) is 10.5. The highest BCUT2D eigenvalue weighted by molar-refractivity contribution is 6.03. The summed E-state index contributed by atoms with van der Waals surface area (Å²) in [5.74, 6) is -0.0779. The van der Waals surface area contributed by atoms with E-state index < -0.39 is 11.9 Å². The van der Waals surface area contributed by atoms with Crippen LogP contribution in [-0.2, 0) is 0 Å². The number of nitrogens with two attached hydrogens (primary N) is 1. The minimum absolute atomic E-state index is 0.168. The topological polar surface area (TPSA) is 67.9 Å². The maximum absolute atomic E-state index is 13.8. The Hall–Kier alpha value is -2.11. The first-order valence-electron chi connectivity index (χ1n) is 6.11. The van der Waals surface area contributed by atoms with Crippen LogP contribution in [0.3, 0.4) is 0 Å². The summed E-state index contributed by atoms with van der Waals surface area (Å²) in [7, 11) is 1.41. The van der Waals surface area contributed by atoms with Gasteiger partial charge < -0.3 is 15.4 Å². The van der Waals surface area contributed by atoms with E-state index in [0.29, 0.717) is 5.56 Å². The van der Waals surface area contributed by atoms with E-state index in [1.807, 2.05) is 0 Å². The SMILES string of the molecule is COc1ccc(C2C(N)=NC(=O)N2C2CC2)cc1F. The van der Waals surface area contributed by atoms with Gasteiger partial charge in [0.25, 0.3) is 0 Å². The average Bonchev–Trinajstić information content (AvgIpc) is 3.15. The Balaban J connectivity index is 1.97. The molecule has 1 aromatic rings. The van der Waals surface area contributed by atoms with E-state index in [-0.39, 0.29) is 23.7 Å². The Kier molecular flexibility index (Phi) is 2.66. The van der Waals surface area contributed by atoms with E-state index in [2.05, 4.69) is 4.99 Å². The lowest BCUT2D eigenvalue weighted by atomic mass is 10.0. The Morgan fingerprint density at radius 2 is 2.21 bits per heavy atom. The van der Waals surface area contributed by atoms with E-state index in [1.54, 1.807) is 11.0 Å². The quantitative estimate of drug-likeness (QED) is 0.904. The van der Waals surface area contributed by atoms with Gasteiger partial charge >= 0.3 is 6.03 Å². The number of carbonyl (C=O) groups excluding carboxylic acids is 1. The first-order chi connectivity index (χ1) is 9.11. The van der Waals surface area contributed by atoms with Gasteiger partial charge in [-0.1, -0.05) is 6.07 Å². The van der Waals surface area contributed by atoms with Crippen molar-refractivity contribution < 1.29 is 13.9 Å². The molecule has 2 aliphatic rings. The molecule has 19 heavy (non-hydrogen) atoms. The van der Waals surface area contributed by atoms with Crippen molar-refractivity contribution in [3.8, 4) is 5.75 Å². The molecule has 0 bridgehead atoms. The fraction of sp³-hybridized carbons (Fsp3) is 0.385. The summed E-state index contributed by atoms with van der Waals surface area (Å²) in [5.41, 5.74) is 6.43. The number of carbonyl (C=O) groups is 1. The molecule has 1 aliphatic carbocycles. The summed E-state index contributed by atoms with van der Waals surface area (Å²) in [4.78, 5) is 17.2. The smallest absolute Gasteiger partial charge is 0.346 e. The second-order valence-corrected chi connectivity index (χ2v) is 4.75. The first-order valence-corrected chi connectivity index (χ1v) is 6.11. The molecule has 6 heteroatoms. The number of amides is 2. The molecular weight excluding hydrogens is 249 g/mol. The summed E-state index contributed by atoms with van der Waals surface area (Å²) in [6.45, 7) is 0. The minimum Gasteiger partial charge on any atom is -0.494 e. The number of hydrogen-bond acceptors (Lipinski definition) is 3. The third-order valence-electron chi connectivity index (χ3n) is 3.44. The number of hydrogen-bond donors (Lipinski definition) is 1. The molecule has 1 saturated carbocycles. The number of urea groups is 1. The summed E-state index contributed by atoms with van der Waals surface area (Å²) < 4.78 is 18.6. The second-order valence-electron chi connectivity index (χ2n) is 4.75. The van der Waals surface area contributed by atoms with Crippen LogP contribution in [0.25, 0.3) is 0 Å². The number of amidine groups is 1. The van der Waals surface area contributed by atoms with Gasteiger partial charge in [0, 0.05) is 6.04 Å². The van der Waals surface area contributed by atoms with Crippen LogP contribution >= 0.6 is 0 Å². The molecule has 0 spiro atoms. The Bertz CT molecular complexity index is 569. The molecule has 1 aliphatic heterocycles. The summed E-state index contributed by atoms with van der Waals surface area (Å²) in [6.07, 6.45) is 1.90. The van der Waals surface area contributed by atoms with Crippen molar-refractivity contribution >= 4 is 11.9 Å². The summed E-state index contributed by atoms with van der Waals surface area (Å²) in [6, 6.07) is 3.98. The third-order valence-corrected chi connectivity index (χ3v) is 3.44. The fourth-order valence-electron chi connectivity index (χ4n) is 2.39. The highest BCUT2D eigenvalue weighted by atomic mass is 19.1. The van der Waals surface area contributed by atoms with Crippen LogP contribution in [0.15, 0.2) is 23.2 Å². The number of nitrogens with zero attached hydrogens (tertiary/aromatic N) is 2. The molecule has 1 heterocycles. The zero-order chi connectivity index (χ0) is 13.6. The highest BCUT2D eigenvalue weighted by Crippen LogP contribution is 2.38. The maximum atomic E-state index is 13.8. The molecule has 1 fully saturated rings. The third kappa shape index (κ3) is 1.93. The summed E-state index contributed by atoms with van der Waals surface area (Å²) >= 11 is 0. The second kappa shape index (κ2) is 4.22. The van der Waals surface area contributed by atoms with Gasteiger partial charge in [0.1, 0.15) is 11.9 Å². The summed E-state index contributed by atoms with van der Waals surface area (Å²) in [5, 5.41) is 0. The number of ether oxygens (including phenoxy) is 1. The molecule has 0 saturated heterocycles. The van der Waals surface area contributed by atoms with E-state index in [4.69, 9.17) is 10.5 Å². The van der Waals surface area contributed by atoms with Crippen molar-refractivity contribution in [1.82, 2.24) is 4.90 Å². The van der Waals surface area contributed by atoms with Gasteiger partial charge in [-0.3, -0.25) is 0 Å². The van der Waals surface area contributed by atoms with Crippen molar-refractivity contribution in [3.63, 3.8) is 0 Å². The number of rotatable bonds is 3. The Labute approximate surface area is 109 Å². The van der Waals surface area contributed by atoms with Crippen molar-refractivity contribution in [3.05, 3.63) is 29.6 Å². The van der Waals surface area contributed by atoms with Crippen LogP contribution in [0, 0.1) is 5.82 Å². The monoisotopic (exact) mass is 263 g/mol. The molecule has 0 aromatic heterocycles. The van der Waals surface area contributed by atoms with E-state index in [1.165, 1.54) is 19.2 Å². The molecule has 1 aromatic carbocycles. The van der Waals surface area contributed by atoms with Crippen LogP contribution in [-0.4, -0.2) is 29.9 Å². The number of halogens is 1. The predicted octanol–water partition coefficient (Wildman–Crippen LogP) is 1.83. The molecule has 0 radical (unpaired) electrons. The molecule has 1 atom stereocenters. The van der Waals surface area contributed by atoms with Gasteiger partial charge in [0.15, 0.2) is 11.6 Å². The first kappa shape index (κ1) is 12.0. The molecule has 3 rings (SSSR count). The lowest BCUT2D eigenvalue weighted by molar-refractivity contribution is 0.203. The van der Waals surface area contributed by atoms with Gasteiger partial charge in [0.05, 0.1) is 7.11 Å². The van der Waals surface area contributed by atoms with E-state index in [9.17, 15) is 9.18 Å². The van der Waals surface area contributed by atoms with Gasteiger partial charge in [-0.25, -0.2) is 9.18 Å². The van der Waals surface area contributed by atoms with Gasteiger partial charge in [-0.05, 0) is 30.5 Å². The predicted molar refractivity (Wildman–Crippen MR) is 67.6 cm³/mol. The van der Waals surface area contributed by atoms with Crippen molar-refractivity contribution in [2.75, 3.05) is 7.11 Å². The van der Waals surface area contributed by atoms with Crippen LogP contribution in [0.1, 0.15) is 24.4 Å². The Morgan fingerprint density at radius 3 is 2.79 bits per heavy atom. The van der Waals surface area contributed by atoms with Crippen LogP contribution in [0.4, 0.5) is 9.18 Å². The maximum Gasteiger partial charge on any atom is 0.346 e. The molecule has 2 amide bonds. The van der Waals surface area contributed by atoms with Crippen molar-refractivity contribution in [2.24, 2.45) is 10.7 Å². The van der Waals surface area contributed by atoms with Crippen LogP contribution < -0.4 is 10.5 Å². The van der Waals surface area contributed by atoms with Crippen LogP contribution in [0.5, 0.6) is 5.75 Å². The molecule has 100 valence electrons. The lowest BCUT2D eigenvalue weighted by Gasteiger charge is -2.24. The lowest BCUT2D eigenvalue weighted by Crippen LogP contribution is -2.35. The molecular formula is C13H14FN3O2. The fourth-order valence-corrected chi connectivity index (χ4v) is 2.39. The Morgan fingerprint density at radius 1 is 1.47 bits per heavy atom. The van der Waals surface area contributed by atoms with Crippen LogP contribution in [0.2, 0.25) is 0 Å². The number of methoxy groups -OCH3 is 1. The highest BCUT2D eigenvalue weighted by Gasteiger charge is 2.43. The van der Waals surface area contributed by atoms with E-state index >= 15 is 0 Å². The normalized spacial score (nSPS) is 22.6. The standard InChI is InChI=1S/C13H14FN3O2/c1-19-10-5-2-7(6-9(10)14)11-12(15)16-13(18)17(11)8-3-4-8/h2,5-6,8,11H,3-4H2,1H3,(H2,15,16,18). The largest absolute Gasteiger partial charge is 0.494 e. The molecule has 1 unspecified atom stereocenters. The van der Waals surface area contributed by atoms with Crippen molar-refractivity contribution in [1.29, 1.82) is 0 Å². The van der Waals surface area contributed by atoms with Gasteiger partial charge in [-0.2, -0.15) is 4.99 Å². The van der Waals surface area contributed by atoms with Gasteiger partial charge in [-0.15, -0.1) is 0 Å². The van der Waals surface area contributed by atoms with E-state index in [0.717, 1.165) is 12.8 Å². The molecule has 2 N–H and O–H groups in total. The number of aliphatic imine (C=N–C) groups is 1. The average molecular weight is 263 g/mol. The zero-order valence-electron chi connectivity index (χ0n) is 10.5.